The Hall–Kier alpha value is -2.77. The quantitative estimate of drug-likeness (QED) is 0.275. The van der Waals surface area contributed by atoms with Crippen LogP contribution in [0.15, 0.2) is 24.3 Å². The smallest absolute Gasteiger partial charge is 0.309 e. The van der Waals surface area contributed by atoms with E-state index in [4.69, 9.17) is 9.47 Å². The van der Waals surface area contributed by atoms with Gasteiger partial charge in [0.25, 0.3) is 5.69 Å². The molecule has 0 aliphatic rings. The molecule has 1 unspecified atom stereocenters. The molecule has 1 aromatic rings. The Balaban J connectivity index is 2.77. The van der Waals surface area contributed by atoms with Crippen LogP contribution in [0.2, 0.25) is 0 Å². The molecular weight excluding hydrogens is 330 g/mol. The molecule has 0 saturated heterocycles. The second kappa shape index (κ2) is 10.2. The molecule has 0 spiro atoms. The number of carbonyl (C=O) groups is 3. The SMILES string of the molecule is CCOC(=O)CCC(CC(=O)c1ccc([N+](=O)[O-])cc1)C(=O)OCC. The third-order valence-electron chi connectivity index (χ3n) is 3.45. The number of rotatable bonds is 10. The van der Waals surface area contributed by atoms with Gasteiger partial charge in [-0.15, -0.1) is 0 Å². The van der Waals surface area contributed by atoms with E-state index in [9.17, 15) is 24.5 Å². The number of ether oxygens (including phenoxy) is 2. The molecule has 8 nitrogen and oxygen atoms in total. The van der Waals surface area contributed by atoms with E-state index < -0.39 is 22.8 Å². The molecule has 0 fully saturated rings. The van der Waals surface area contributed by atoms with Gasteiger partial charge in [0.15, 0.2) is 5.78 Å². The summed E-state index contributed by atoms with van der Waals surface area (Å²) >= 11 is 0. The van der Waals surface area contributed by atoms with Crippen molar-refractivity contribution in [2.24, 2.45) is 5.92 Å². The van der Waals surface area contributed by atoms with Gasteiger partial charge in [0.1, 0.15) is 0 Å². The maximum absolute atomic E-state index is 12.3. The summed E-state index contributed by atoms with van der Waals surface area (Å²) in [4.78, 5) is 45.9. The molecule has 0 heterocycles. The number of Topliss-reactive ketones (excluding diaryl/α,β-unsaturated/α-hetero) is 1. The summed E-state index contributed by atoms with van der Waals surface area (Å²) in [7, 11) is 0. The minimum Gasteiger partial charge on any atom is -0.466 e. The fraction of sp³-hybridized carbons (Fsp3) is 0.471. The molecule has 0 saturated carbocycles. The lowest BCUT2D eigenvalue weighted by atomic mass is 9.94. The molecule has 0 aliphatic heterocycles. The third-order valence-corrected chi connectivity index (χ3v) is 3.45. The van der Waals surface area contributed by atoms with Crippen LogP contribution >= 0.6 is 0 Å². The topological polar surface area (TPSA) is 113 Å². The largest absolute Gasteiger partial charge is 0.466 e. The zero-order chi connectivity index (χ0) is 18.8. The van der Waals surface area contributed by atoms with E-state index in [-0.39, 0.29) is 49.5 Å². The average molecular weight is 351 g/mol. The monoisotopic (exact) mass is 351 g/mol. The summed E-state index contributed by atoms with van der Waals surface area (Å²) in [6.45, 7) is 3.74. The Morgan fingerprint density at radius 2 is 1.68 bits per heavy atom. The lowest BCUT2D eigenvalue weighted by Crippen LogP contribution is -2.22. The van der Waals surface area contributed by atoms with Crippen molar-refractivity contribution in [3.05, 3.63) is 39.9 Å². The fourth-order valence-corrected chi connectivity index (χ4v) is 2.20. The van der Waals surface area contributed by atoms with Crippen molar-refractivity contribution in [3.8, 4) is 0 Å². The Labute approximate surface area is 145 Å². The first-order chi connectivity index (χ1) is 11.9. The van der Waals surface area contributed by atoms with E-state index in [1.807, 2.05) is 0 Å². The Morgan fingerprint density at radius 3 is 2.20 bits per heavy atom. The molecular formula is C17H21NO7. The average Bonchev–Trinajstić information content (AvgIpc) is 2.58. The second-order valence-corrected chi connectivity index (χ2v) is 5.22. The Bertz CT molecular complexity index is 624. The molecule has 136 valence electrons. The fourth-order valence-electron chi connectivity index (χ4n) is 2.20. The van der Waals surface area contributed by atoms with Gasteiger partial charge in [-0.25, -0.2) is 0 Å². The maximum Gasteiger partial charge on any atom is 0.309 e. The zero-order valence-electron chi connectivity index (χ0n) is 14.2. The highest BCUT2D eigenvalue weighted by Gasteiger charge is 2.25. The van der Waals surface area contributed by atoms with Crippen LogP contribution in [0.25, 0.3) is 0 Å². The molecule has 0 radical (unpaired) electrons. The van der Waals surface area contributed by atoms with Crippen LogP contribution in [0, 0.1) is 16.0 Å². The van der Waals surface area contributed by atoms with Gasteiger partial charge in [-0.2, -0.15) is 0 Å². The summed E-state index contributed by atoms with van der Waals surface area (Å²) in [5, 5.41) is 10.6. The van der Waals surface area contributed by atoms with Crippen LogP contribution in [-0.2, 0) is 19.1 Å². The van der Waals surface area contributed by atoms with E-state index in [0.717, 1.165) is 0 Å². The van der Waals surface area contributed by atoms with E-state index in [1.165, 1.54) is 24.3 Å². The van der Waals surface area contributed by atoms with Crippen molar-refractivity contribution >= 4 is 23.4 Å². The highest BCUT2D eigenvalue weighted by Crippen LogP contribution is 2.19. The number of carbonyl (C=O) groups excluding carboxylic acids is 3. The number of hydrogen-bond acceptors (Lipinski definition) is 7. The summed E-state index contributed by atoms with van der Waals surface area (Å²) in [5.74, 6) is -2.12. The van der Waals surface area contributed by atoms with E-state index in [2.05, 4.69) is 0 Å². The highest BCUT2D eigenvalue weighted by molar-refractivity contribution is 5.98. The molecule has 8 heteroatoms. The number of ketones is 1. The van der Waals surface area contributed by atoms with Crippen molar-refractivity contribution < 1.29 is 28.8 Å². The highest BCUT2D eigenvalue weighted by atomic mass is 16.6. The minimum atomic E-state index is -0.771. The van der Waals surface area contributed by atoms with Gasteiger partial charge in [0.2, 0.25) is 0 Å². The van der Waals surface area contributed by atoms with Gasteiger partial charge in [0.05, 0.1) is 24.1 Å². The molecule has 0 amide bonds. The van der Waals surface area contributed by atoms with Gasteiger partial charge in [-0.3, -0.25) is 24.5 Å². The van der Waals surface area contributed by atoms with Crippen molar-refractivity contribution in [3.63, 3.8) is 0 Å². The third kappa shape index (κ3) is 6.70. The van der Waals surface area contributed by atoms with Gasteiger partial charge in [-0.05, 0) is 32.4 Å². The first-order valence-electron chi connectivity index (χ1n) is 7.98. The molecule has 1 aromatic carbocycles. The molecule has 0 aliphatic carbocycles. The van der Waals surface area contributed by atoms with Crippen molar-refractivity contribution in [1.82, 2.24) is 0 Å². The predicted molar refractivity (Wildman–Crippen MR) is 88.0 cm³/mol. The van der Waals surface area contributed by atoms with Crippen LogP contribution in [0.3, 0.4) is 0 Å². The number of nitro benzene ring substituents is 1. The summed E-state index contributed by atoms with van der Waals surface area (Å²) in [6.07, 6.45) is -0.00268. The number of hydrogen-bond donors (Lipinski definition) is 0. The molecule has 0 aromatic heterocycles. The first kappa shape index (κ1) is 20.3. The van der Waals surface area contributed by atoms with Crippen LogP contribution in [0.1, 0.15) is 43.5 Å². The van der Waals surface area contributed by atoms with Crippen molar-refractivity contribution in [2.45, 2.75) is 33.1 Å². The number of non-ortho nitro benzene ring substituents is 1. The summed E-state index contributed by atoms with van der Waals surface area (Å²) in [5.41, 5.74) is 0.136. The second-order valence-electron chi connectivity index (χ2n) is 5.22. The van der Waals surface area contributed by atoms with Crippen LogP contribution in [-0.4, -0.2) is 35.9 Å². The van der Waals surface area contributed by atoms with Gasteiger partial charge in [-0.1, -0.05) is 0 Å². The Morgan fingerprint density at radius 1 is 1.08 bits per heavy atom. The van der Waals surface area contributed by atoms with E-state index in [1.54, 1.807) is 13.8 Å². The van der Waals surface area contributed by atoms with Crippen molar-refractivity contribution in [2.75, 3.05) is 13.2 Å². The molecule has 1 rings (SSSR count). The van der Waals surface area contributed by atoms with Crippen LogP contribution in [0.4, 0.5) is 5.69 Å². The number of nitrogens with zero attached hydrogens (tertiary/aromatic N) is 1. The van der Waals surface area contributed by atoms with Gasteiger partial charge >= 0.3 is 11.9 Å². The molecule has 0 bridgehead atoms. The van der Waals surface area contributed by atoms with Gasteiger partial charge < -0.3 is 9.47 Å². The molecule has 1 atom stereocenters. The van der Waals surface area contributed by atoms with Crippen LogP contribution < -0.4 is 0 Å². The summed E-state index contributed by atoms with van der Waals surface area (Å²) in [6, 6.07) is 5.14. The van der Waals surface area contributed by atoms with E-state index >= 15 is 0 Å². The minimum absolute atomic E-state index is 0.00482. The number of esters is 2. The Kier molecular flexibility index (Phi) is 8.25. The van der Waals surface area contributed by atoms with Gasteiger partial charge in [0, 0.05) is 30.5 Å². The summed E-state index contributed by atoms with van der Waals surface area (Å²) < 4.78 is 9.77. The zero-order valence-corrected chi connectivity index (χ0v) is 14.2. The van der Waals surface area contributed by atoms with Crippen LogP contribution in [0.5, 0.6) is 0 Å². The predicted octanol–water partition coefficient (Wildman–Crippen LogP) is 2.69. The first-order valence-corrected chi connectivity index (χ1v) is 7.98. The van der Waals surface area contributed by atoms with Crippen molar-refractivity contribution in [1.29, 1.82) is 0 Å². The van der Waals surface area contributed by atoms with E-state index in [0.29, 0.717) is 0 Å². The lowest BCUT2D eigenvalue weighted by Gasteiger charge is -2.14. The number of benzene rings is 1. The molecule has 0 N–H and O–H groups in total. The normalized spacial score (nSPS) is 11.4. The molecule has 25 heavy (non-hydrogen) atoms. The lowest BCUT2D eigenvalue weighted by molar-refractivity contribution is -0.384. The number of nitro groups is 1. The maximum atomic E-state index is 12.3. The standard InChI is InChI=1S/C17H21NO7/c1-3-24-16(20)10-7-13(17(21)25-4-2)11-15(19)12-5-8-14(9-6-12)18(22)23/h5-6,8-9,13H,3-4,7,10-11H2,1-2H3.